The highest BCUT2D eigenvalue weighted by molar-refractivity contribution is 9.10. The zero-order valence-corrected chi connectivity index (χ0v) is 21.2. The lowest BCUT2D eigenvalue weighted by atomic mass is 10.1. The highest BCUT2D eigenvalue weighted by Crippen LogP contribution is 2.29. The van der Waals surface area contributed by atoms with Crippen LogP contribution in [0.1, 0.15) is 29.7 Å². The molecule has 0 unspecified atom stereocenters. The van der Waals surface area contributed by atoms with Crippen molar-refractivity contribution in [1.29, 1.82) is 0 Å². The number of carbonyl (C=O) groups excluding carboxylic acids is 1. The molecule has 0 aromatic heterocycles. The van der Waals surface area contributed by atoms with Gasteiger partial charge in [-0.3, -0.25) is 4.79 Å². The fraction of sp³-hybridized carbons (Fsp3) is 0.240. The number of carbonyl (C=O) groups is 1. The lowest BCUT2D eigenvalue weighted by molar-refractivity contribution is -0.122. The number of sulfonamides is 1. The fourth-order valence-electron chi connectivity index (χ4n) is 3.44. The molecule has 0 radical (unpaired) electrons. The first kappa shape index (κ1) is 25.0. The standard InChI is InChI=1S/C25H27BrN2O4S/c1-18-12-13-23(32-3)24(14-18)33(30,31)28(16-20-8-5-4-6-9-20)17-25(29)27-19(2)21-10-7-11-22(26)15-21/h4-15,19H,16-17H2,1-3H3,(H,27,29)/t19-/m1/s1. The summed E-state index contributed by atoms with van der Waals surface area (Å²) in [6.07, 6.45) is 0. The third-order valence-corrected chi connectivity index (χ3v) is 7.49. The Labute approximate surface area is 203 Å². The number of hydrogen-bond donors (Lipinski definition) is 1. The van der Waals surface area contributed by atoms with Gasteiger partial charge >= 0.3 is 0 Å². The third kappa shape index (κ3) is 6.43. The van der Waals surface area contributed by atoms with Crippen LogP contribution in [0.15, 0.2) is 82.2 Å². The Balaban J connectivity index is 1.90. The van der Waals surface area contributed by atoms with Crippen molar-refractivity contribution in [3.05, 3.63) is 94.0 Å². The maximum atomic E-state index is 13.7. The van der Waals surface area contributed by atoms with Gasteiger partial charge in [0, 0.05) is 11.0 Å². The van der Waals surface area contributed by atoms with Gasteiger partial charge in [-0.2, -0.15) is 4.31 Å². The summed E-state index contributed by atoms with van der Waals surface area (Å²) in [6.45, 7) is 3.40. The van der Waals surface area contributed by atoms with Crippen molar-refractivity contribution in [2.45, 2.75) is 31.3 Å². The lowest BCUT2D eigenvalue weighted by Crippen LogP contribution is -2.41. The molecule has 1 N–H and O–H groups in total. The summed E-state index contributed by atoms with van der Waals surface area (Å²) in [6, 6.07) is 21.5. The molecule has 0 aliphatic carbocycles. The van der Waals surface area contributed by atoms with Crippen molar-refractivity contribution < 1.29 is 17.9 Å². The maximum Gasteiger partial charge on any atom is 0.247 e. The van der Waals surface area contributed by atoms with Gasteiger partial charge in [0.25, 0.3) is 0 Å². The molecule has 3 rings (SSSR count). The summed E-state index contributed by atoms with van der Waals surface area (Å²) in [4.78, 5) is 13.0. The maximum absolute atomic E-state index is 13.7. The minimum Gasteiger partial charge on any atom is -0.495 e. The van der Waals surface area contributed by atoms with Crippen LogP contribution in [0.5, 0.6) is 5.75 Å². The van der Waals surface area contributed by atoms with E-state index in [1.165, 1.54) is 11.4 Å². The van der Waals surface area contributed by atoms with Crippen LogP contribution in [0.3, 0.4) is 0 Å². The number of nitrogens with one attached hydrogen (secondary N) is 1. The predicted molar refractivity (Wildman–Crippen MR) is 132 cm³/mol. The van der Waals surface area contributed by atoms with Crippen LogP contribution in [-0.2, 0) is 21.4 Å². The van der Waals surface area contributed by atoms with E-state index in [0.717, 1.165) is 21.2 Å². The minimum atomic E-state index is -4.03. The fourth-order valence-corrected chi connectivity index (χ4v) is 5.49. The molecule has 174 valence electrons. The molecular formula is C25H27BrN2O4S. The van der Waals surface area contributed by atoms with Crippen LogP contribution in [-0.4, -0.2) is 32.3 Å². The number of halogens is 1. The molecular weight excluding hydrogens is 504 g/mol. The summed E-state index contributed by atoms with van der Waals surface area (Å²) < 4.78 is 34.7. The quantitative estimate of drug-likeness (QED) is 0.429. The second-order valence-corrected chi connectivity index (χ2v) is 10.6. The van der Waals surface area contributed by atoms with E-state index in [1.807, 2.05) is 68.4 Å². The molecule has 0 heterocycles. The number of methoxy groups -OCH3 is 1. The van der Waals surface area contributed by atoms with Crippen LogP contribution in [0.2, 0.25) is 0 Å². The molecule has 33 heavy (non-hydrogen) atoms. The largest absolute Gasteiger partial charge is 0.495 e. The average molecular weight is 531 g/mol. The Hall–Kier alpha value is -2.68. The molecule has 0 saturated heterocycles. The van der Waals surface area contributed by atoms with E-state index >= 15 is 0 Å². The van der Waals surface area contributed by atoms with Gasteiger partial charge in [-0.15, -0.1) is 0 Å². The average Bonchev–Trinajstić information content (AvgIpc) is 2.79. The van der Waals surface area contributed by atoms with Crippen molar-refractivity contribution in [3.63, 3.8) is 0 Å². The van der Waals surface area contributed by atoms with E-state index in [1.54, 1.807) is 18.2 Å². The Morgan fingerprint density at radius 1 is 1.06 bits per heavy atom. The van der Waals surface area contributed by atoms with Crippen molar-refractivity contribution in [2.75, 3.05) is 13.7 Å². The Morgan fingerprint density at radius 2 is 1.79 bits per heavy atom. The molecule has 0 saturated carbocycles. The van der Waals surface area contributed by atoms with Crippen LogP contribution in [0.25, 0.3) is 0 Å². The van der Waals surface area contributed by atoms with Crippen LogP contribution in [0, 0.1) is 6.92 Å². The molecule has 0 aliphatic rings. The second kappa shape index (κ2) is 11.0. The summed E-state index contributed by atoms with van der Waals surface area (Å²) in [5.41, 5.74) is 2.47. The van der Waals surface area contributed by atoms with Crippen LogP contribution < -0.4 is 10.1 Å². The zero-order chi connectivity index (χ0) is 24.0. The normalized spacial score (nSPS) is 12.4. The SMILES string of the molecule is COc1ccc(C)cc1S(=O)(=O)N(CC(=O)N[C@H](C)c1cccc(Br)c1)Cc1ccccc1. The summed E-state index contributed by atoms with van der Waals surface area (Å²) >= 11 is 3.43. The molecule has 8 heteroatoms. The molecule has 1 atom stereocenters. The highest BCUT2D eigenvalue weighted by Gasteiger charge is 2.30. The minimum absolute atomic E-state index is 0.0359. The number of amides is 1. The van der Waals surface area contributed by atoms with Crippen molar-refractivity contribution >= 4 is 31.9 Å². The summed E-state index contributed by atoms with van der Waals surface area (Å²) in [7, 11) is -2.60. The Morgan fingerprint density at radius 3 is 2.45 bits per heavy atom. The molecule has 0 fully saturated rings. The van der Waals surface area contributed by atoms with Crippen LogP contribution >= 0.6 is 15.9 Å². The van der Waals surface area contributed by atoms with E-state index in [-0.39, 0.29) is 29.8 Å². The van der Waals surface area contributed by atoms with Crippen LogP contribution in [0.4, 0.5) is 0 Å². The first-order valence-electron chi connectivity index (χ1n) is 10.4. The molecule has 0 aliphatic heterocycles. The molecule has 0 spiro atoms. The van der Waals surface area contributed by atoms with Gasteiger partial charge in [-0.1, -0.05) is 64.5 Å². The van der Waals surface area contributed by atoms with Gasteiger partial charge < -0.3 is 10.1 Å². The lowest BCUT2D eigenvalue weighted by Gasteiger charge is -2.24. The molecule has 3 aromatic rings. The first-order chi connectivity index (χ1) is 15.7. The van der Waals surface area contributed by atoms with Crippen molar-refractivity contribution in [2.24, 2.45) is 0 Å². The van der Waals surface area contributed by atoms with Crippen molar-refractivity contribution in [3.8, 4) is 5.75 Å². The number of rotatable bonds is 9. The van der Waals surface area contributed by atoms with Gasteiger partial charge in [-0.25, -0.2) is 8.42 Å². The van der Waals surface area contributed by atoms with Gasteiger partial charge in [-0.05, 0) is 54.8 Å². The Kier molecular flexibility index (Phi) is 8.29. The van der Waals surface area contributed by atoms with E-state index in [2.05, 4.69) is 21.2 Å². The number of hydrogen-bond acceptors (Lipinski definition) is 4. The van der Waals surface area contributed by atoms with Gasteiger partial charge in [0.15, 0.2) is 0 Å². The molecule has 3 aromatic carbocycles. The van der Waals surface area contributed by atoms with E-state index in [0.29, 0.717) is 0 Å². The number of aryl methyl sites for hydroxylation is 1. The smallest absolute Gasteiger partial charge is 0.247 e. The molecule has 6 nitrogen and oxygen atoms in total. The Bertz CT molecular complexity index is 1220. The molecule has 0 bridgehead atoms. The first-order valence-corrected chi connectivity index (χ1v) is 12.7. The summed E-state index contributed by atoms with van der Waals surface area (Å²) in [5.74, 6) is -0.157. The third-order valence-electron chi connectivity index (χ3n) is 5.18. The number of ether oxygens (including phenoxy) is 1. The van der Waals surface area contributed by atoms with Crippen molar-refractivity contribution in [1.82, 2.24) is 9.62 Å². The van der Waals surface area contributed by atoms with Gasteiger partial charge in [0.1, 0.15) is 10.6 Å². The predicted octanol–water partition coefficient (Wildman–Crippen LogP) is 4.83. The zero-order valence-electron chi connectivity index (χ0n) is 18.8. The summed E-state index contributed by atoms with van der Waals surface area (Å²) in [5, 5.41) is 2.91. The second-order valence-electron chi connectivity index (χ2n) is 7.76. The topological polar surface area (TPSA) is 75.7 Å². The molecule has 1 amide bonds. The van der Waals surface area contributed by atoms with Gasteiger partial charge in [0.05, 0.1) is 19.7 Å². The monoisotopic (exact) mass is 530 g/mol. The van der Waals surface area contributed by atoms with E-state index in [4.69, 9.17) is 4.74 Å². The van der Waals surface area contributed by atoms with Gasteiger partial charge in [0.2, 0.25) is 15.9 Å². The van der Waals surface area contributed by atoms with E-state index in [9.17, 15) is 13.2 Å². The highest BCUT2D eigenvalue weighted by atomic mass is 79.9. The van der Waals surface area contributed by atoms with E-state index < -0.39 is 15.9 Å². The number of nitrogens with zero attached hydrogens (tertiary/aromatic N) is 1. The number of benzene rings is 3.